The van der Waals surface area contributed by atoms with Gasteiger partial charge in [-0.3, -0.25) is 4.79 Å². The maximum atomic E-state index is 12.9. The number of ketones is 1. The lowest BCUT2D eigenvalue weighted by molar-refractivity contribution is 0.0913. The van der Waals surface area contributed by atoms with E-state index in [9.17, 15) is 4.79 Å². The van der Waals surface area contributed by atoms with Gasteiger partial charge in [-0.25, -0.2) is 0 Å². The van der Waals surface area contributed by atoms with E-state index in [1.165, 1.54) is 11.1 Å². The van der Waals surface area contributed by atoms with Gasteiger partial charge in [-0.15, -0.1) is 0 Å². The summed E-state index contributed by atoms with van der Waals surface area (Å²) in [5.74, 6) is 1.20. The summed E-state index contributed by atoms with van der Waals surface area (Å²) in [5, 5.41) is 0. The molecule has 0 saturated heterocycles. The number of benzene rings is 2. The third-order valence-corrected chi connectivity index (χ3v) is 4.44. The Hall–Kier alpha value is -2.35. The molecule has 1 saturated carbocycles. The molecule has 2 nitrogen and oxygen atoms in total. The smallest absolute Gasteiger partial charge is 0.166 e. The van der Waals surface area contributed by atoms with Gasteiger partial charge in [0.05, 0.1) is 7.11 Å². The third kappa shape index (κ3) is 2.82. The Kier molecular flexibility index (Phi) is 4.10. The van der Waals surface area contributed by atoms with Crippen LogP contribution in [0.4, 0.5) is 0 Å². The summed E-state index contributed by atoms with van der Waals surface area (Å²) in [4.78, 5) is 12.9. The Bertz CT molecular complexity index is 671. The summed E-state index contributed by atoms with van der Waals surface area (Å²) < 4.78 is 5.16. The van der Waals surface area contributed by atoms with Crippen LogP contribution in [0.5, 0.6) is 5.75 Å². The topological polar surface area (TPSA) is 26.3 Å². The van der Waals surface area contributed by atoms with Crippen molar-refractivity contribution in [3.8, 4) is 5.75 Å². The molecule has 0 spiro atoms. The van der Waals surface area contributed by atoms with Gasteiger partial charge in [0.2, 0.25) is 0 Å². The molecule has 2 atom stereocenters. The number of rotatable bonds is 4. The monoisotopic (exact) mass is 292 g/mol. The largest absolute Gasteiger partial charge is 0.497 e. The number of ether oxygens (including phenoxy) is 1. The van der Waals surface area contributed by atoms with Crippen LogP contribution in [0, 0.1) is 5.92 Å². The molecule has 0 heterocycles. The standard InChI is InChI=1S/C20H20O2/c1-14-12-18(15-6-4-3-5-7-15)19(13-14)20(21)16-8-10-17(22-2)11-9-16/h3-11,18-19H,1,12-13H2,2H3/t18-,19+/m1/s1. The van der Waals surface area contributed by atoms with E-state index in [4.69, 9.17) is 4.74 Å². The van der Waals surface area contributed by atoms with Crippen molar-refractivity contribution in [3.63, 3.8) is 0 Å². The summed E-state index contributed by atoms with van der Waals surface area (Å²) in [5.41, 5.74) is 3.15. The molecule has 112 valence electrons. The fourth-order valence-electron chi connectivity index (χ4n) is 3.29. The number of carbonyl (C=O) groups excluding carboxylic acids is 1. The Balaban J connectivity index is 1.87. The van der Waals surface area contributed by atoms with Crippen molar-refractivity contribution in [3.05, 3.63) is 77.9 Å². The SMILES string of the molecule is C=C1C[C@H](C(=O)c2ccc(OC)cc2)[C@@H](c2ccccc2)C1. The average Bonchev–Trinajstić information content (AvgIpc) is 2.97. The number of Topliss-reactive ketones (excluding diaryl/α,β-unsaturated/α-hetero) is 1. The zero-order chi connectivity index (χ0) is 15.5. The predicted octanol–water partition coefficient (Wildman–Crippen LogP) is 4.63. The van der Waals surface area contributed by atoms with Crippen molar-refractivity contribution < 1.29 is 9.53 Å². The average molecular weight is 292 g/mol. The predicted molar refractivity (Wildman–Crippen MR) is 88.4 cm³/mol. The van der Waals surface area contributed by atoms with Crippen molar-refractivity contribution >= 4 is 5.78 Å². The molecule has 1 fully saturated rings. The maximum absolute atomic E-state index is 12.9. The summed E-state index contributed by atoms with van der Waals surface area (Å²) in [6.45, 7) is 4.11. The van der Waals surface area contributed by atoms with E-state index in [-0.39, 0.29) is 17.6 Å². The molecule has 2 aromatic carbocycles. The van der Waals surface area contributed by atoms with Gasteiger partial charge in [0, 0.05) is 11.5 Å². The number of allylic oxidation sites excluding steroid dienone is 1. The molecule has 22 heavy (non-hydrogen) atoms. The van der Waals surface area contributed by atoms with E-state index >= 15 is 0 Å². The molecule has 0 aromatic heterocycles. The highest BCUT2D eigenvalue weighted by atomic mass is 16.5. The summed E-state index contributed by atoms with van der Waals surface area (Å²) >= 11 is 0. The number of methoxy groups -OCH3 is 1. The molecule has 0 aliphatic heterocycles. The number of hydrogen-bond donors (Lipinski definition) is 0. The molecule has 0 radical (unpaired) electrons. The first-order valence-electron chi connectivity index (χ1n) is 7.59. The van der Waals surface area contributed by atoms with Crippen LogP contribution >= 0.6 is 0 Å². The Morgan fingerprint density at radius 1 is 1.05 bits per heavy atom. The summed E-state index contributed by atoms with van der Waals surface area (Å²) in [6.07, 6.45) is 1.68. The van der Waals surface area contributed by atoms with Crippen molar-refractivity contribution in [2.24, 2.45) is 5.92 Å². The molecule has 2 heteroatoms. The van der Waals surface area contributed by atoms with E-state index in [1.807, 2.05) is 42.5 Å². The van der Waals surface area contributed by atoms with Crippen LogP contribution in [-0.4, -0.2) is 12.9 Å². The van der Waals surface area contributed by atoms with Crippen LogP contribution < -0.4 is 4.74 Å². The highest BCUT2D eigenvalue weighted by molar-refractivity contribution is 5.99. The van der Waals surface area contributed by atoms with Crippen LogP contribution in [0.25, 0.3) is 0 Å². The van der Waals surface area contributed by atoms with E-state index < -0.39 is 0 Å². The Labute approximate surface area is 131 Å². The lowest BCUT2D eigenvalue weighted by atomic mass is 9.84. The first-order chi connectivity index (χ1) is 10.7. The fraction of sp³-hybridized carbons (Fsp3) is 0.250. The molecule has 0 unspecified atom stereocenters. The van der Waals surface area contributed by atoms with E-state index in [2.05, 4.69) is 18.7 Å². The Morgan fingerprint density at radius 3 is 2.36 bits per heavy atom. The minimum Gasteiger partial charge on any atom is -0.497 e. The normalized spacial score (nSPS) is 20.9. The third-order valence-electron chi connectivity index (χ3n) is 4.44. The molecule has 2 aromatic rings. The van der Waals surface area contributed by atoms with Crippen LogP contribution in [0.2, 0.25) is 0 Å². The molecule has 0 N–H and O–H groups in total. The molecule has 0 bridgehead atoms. The molecular weight excluding hydrogens is 272 g/mol. The second-order valence-electron chi connectivity index (χ2n) is 5.87. The molecule has 0 amide bonds. The number of carbonyl (C=O) groups is 1. The van der Waals surface area contributed by atoms with Gasteiger partial charge < -0.3 is 4.74 Å². The van der Waals surface area contributed by atoms with Gasteiger partial charge in [-0.1, -0.05) is 42.5 Å². The van der Waals surface area contributed by atoms with Crippen LogP contribution in [-0.2, 0) is 0 Å². The second-order valence-corrected chi connectivity index (χ2v) is 5.87. The van der Waals surface area contributed by atoms with Gasteiger partial charge >= 0.3 is 0 Å². The quantitative estimate of drug-likeness (QED) is 0.606. The highest BCUT2D eigenvalue weighted by Gasteiger charge is 2.36. The van der Waals surface area contributed by atoms with Gasteiger partial charge in [0.1, 0.15) is 5.75 Å². The van der Waals surface area contributed by atoms with Crippen molar-refractivity contribution in [1.82, 2.24) is 0 Å². The van der Waals surface area contributed by atoms with Gasteiger partial charge in [-0.2, -0.15) is 0 Å². The molecule has 1 aliphatic carbocycles. The van der Waals surface area contributed by atoms with Crippen molar-refractivity contribution in [2.45, 2.75) is 18.8 Å². The lowest BCUT2D eigenvalue weighted by Crippen LogP contribution is -2.18. The van der Waals surface area contributed by atoms with Gasteiger partial charge in [-0.05, 0) is 48.6 Å². The van der Waals surface area contributed by atoms with Crippen molar-refractivity contribution in [2.75, 3.05) is 7.11 Å². The van der Waals surface area contributed by atoms with E-state index in [0.29, 0.717) is 0 Å². The van der Waals surface area contributed by atoms with Gasteiger partial charge in [0.25, 0.3) is 0 Å². The molecule has 3 rings (SSSR count). The Morgan fingerprint density at radius 2 is 1.73 bits per heavy atom. The summed E-state index contributed by atoms with van der Waals surface area (Å²) in [7, 11) is 1.63. The lowest BCUT2D eigenvalue weighted by Gasteiger charge is -2.18. The molecular formula is C20H20O2. The highest BCUT2D eigenvalue weighted by Crippen LogP contribution is 2.43. The second kappa shape index (κ2) is 6.18. The minimum absolute atomic E-state index is 0.0108. The number of hydrogen-bond acceptors (Lipinski definition) is 2. The first-order valence-corrected chi connectivity index (χ1v) is 7.59. The van der Waals surface area contributed by atoms with Crippen LogP contribution in [0.15, 0.2) is 66.7 Å². The summed E-state index contributed by atoms with van der Waals surface area (Å²) in [6, 6.07) is 17.7. The zero-order valence-corrected chi connectivity index (χ0v) is 12.8. The van der Waals surface area contributed by atoms with Crippen LogP contribution in [0.3, 0.4) is 0 Å². The van der Waals surface area contributed by atoms with Gasteiger partial charge in [0.15, 0.2) is 5.78 Å². The van der Waals surface area contributed by atoms with Crippen molar-refractivity contribution in [1.29, 1.82) is 0 Å². The van der Waals surface area contributed by atoms with E-state index in [0.717, 1.165) is 24.2 Å². The fourth-order valence-corrected chi connectivity index (χ4v) is 3.29. The first kappa shape index (κ1) is 14.6. The van der Waals surface area contributed by atoms with Crippen LogP contribution in [0.1, 0.15) is 34.7 Å². The minimum atomic E-state index is -0.0108. The maximum Gasteiger partial charge on any atom is 0.166 e. The molecule has 1 aliphatic rings. The van der Waals surface area contributed by atoms with E-state index in [1.54, 1.807) is 7.11 Å². The zero-order valence-electron chi connectivity index (χ0n) is 12.8.